The highest BCUT2D eigenvalue weighted by Crippen LogP contribution is 2.29. The monoisotopic (exact) mass is 256 g/mol. The number of aliphatic hydroxyl groups is 1. The third kappa shape index (κ3) is 5.25. The maximum atomic E-state index is 9.97. The van der Waals surface area contributed by atoms with Crippen LogP contribution in [-0.4, -0.2) is 48.3 Å². The standard InChI is InChI=1S/C15H32N2O/c1-6-17(11-15(3,4)18)10-13-9-12(2)7-8-14(13)16-5/h12-14,16,18H,6-11H2,1-5H3. The van der Waals surface area contributed by atoms with Gasteiger partial charge in [-0.1, -0.05) is 13.8 Å². The van der Waals surface area contributed by atoms with Gasteiger partial charge < -0.3 is 15.3 Å². The van der Waals surface area contributed by atoms with Gasteiger partial charge >= 0.3 is 0 Å². The Kier molecular flexibility index (Phi) is 6.09. The second kappa shape index (κ2) is 6.88. The normalized spacial score (nSPS) is 29.8. The molecule has 3 unspecified atom stereocenters. The molecule has 0 spiro atoms. The van der Waals surface area contributed by atoms with Crippen LogP contribution in [0.15, 0.2) is 0 Å². The molecule has 0 aromatic rings. The van der Waals surface area contributed by atoms with Crippen LogP contribution in [0, 0.1) is 11.8 Å². The second-order valence-electron chi connectivity index (χ2n) is 6.71. The first-order valence-electron chi connectivity index (χ1n) is 7.47. The van der Waals surface area contributed by atoms with Crippen molar-refractivity contribution in [2.24, 2.45) is 11.8 Å². The van der Waals surface area contributed by atoms with Crippen LogP contribution >= 0.6 is 0 Å². The predicted molar refractivity (Wildman–Crippen MR) is 77.8 cm³/mol. The molecule has 0 saturated heterocycles. The van der Waals surface area contributed by atoms with Gasteiger partial charge in [-0.3, -0.25) is 0 Å². The van der Waals surface area contributed by atoms with E-state index < -0.39 is 5.60 Å². The lowest BCUT2D eigenvalue weighted by Crippen LogP contribution is -2.47. The summed E-state index contributed by atoms with van der Waals surface area (Å²) in [5, 5.41) is 13.4. The molecule has 0 heterocycles. The van der Waals surface area contributed by atoms with Gasteiger partial charge in [-0.15, -0.1) is 0 Å². The van der Waals surface area contributed by atoms with Crippen molar-refractivity contribution in [3.8, 4) is 0 Å². The Hall–Kier alpha value is -0.120. The number of rotatable bonds is 6. The lowest BCUT2D eigenvalue weighted by atomic mass is 9.78. The molecule has 2 N–H and O–H groups in total. The zero-order valence-corrected chi connectivity index (χ0v) is 12.9. The van der Waals surface area contributed by atoms with Crippen LogP contribution in [0.25, 0.3) is 0 Å². The average Bonchev–Trinajstić information content (AvgIpc) is 2.26. The lowest BCUT2D eigenvalue weighted by molar-refractivity contribution is 0.0265. The van der Waals surface area contributed by atoms with Gasteiger partial charge in [0.1, 0.15) is 0 Å². The van der Waals surface area contributed by atoms with Gasteiger partial charge in [0.25, 0.3) is 0 Å². The third-order valence-corrected chi connectivity index (χ3v) is 4.17. The Bertz CT molecular complexity index is 237. The highest BCUT2D eigenvalue weighted by molar-refractivity contribution is 4.85. The summed E-state index contributed by atoms with van der Waals surface area (Å²) in [6.07, 6.45) is 3.95. The van der Waals surface area contributed by atoms with E-state index in [0.29, 0.717) is 6.04 Å². The fourth-order valence-electron chi connectivity index (χ4n) is 3.26. The summed E-state index contributed by atoms with van der Waals surface area (Å²) in [7, 11) is 2.08. The Morgan fingerprint density at radius 2 is 2.00 bits per heavy atom. The Labute approximate surface area is 113 Å². The maximum Gasteiger partial charge on any atom is 0.0718 e. The molecule has 1 saturated carbocycles. The van der Waals surface area contributed by atoms with E-state index in [-0.39, 0.29) is 0 Å². The van der Waals surface area contributed by atoms with Crippen LogP contribution in [-0.2, 0) is 0 Å². The van der Waals surface area contributed by atoms with Crippen molar-refractivity contribution in [2.45, 2.75) is 58.6 Å². The molecule has 3 nitrogen and oxygen atoms in total. The number of hydrogen-bond donors (Lipinski definition) is 2. The lowest BCUT2D eigenvalue weighted by Gasteiger charge is -2.39. The Morgan fingerprint density at radius 1 is 1.33 bits per heavy atom. The number of nitrogens with zero attached hydrogens (tertiary/aromatic N) is 1. The van der Waals surface area contributed by atoms with Gasteiger partial charge in [0, 0.05) is 19.1 Å². The van der Waals surface area contributed by atoms with E-state index in [4.69, 9.17) is 0 Å². The molecular formula is C15H32N2O. The SMILES string of the molecule is CCN(CC1CC(C)CCC1NC)CC(C)(C)O. The third-order valence-electron chi connectivity index (χ3n) is 4.17. The minimum Gasteiger partial charge on any atom is -0.389 e. The van der Waals surface area contributed by atoms with Gasteiger partial charge in [-0.25, -0.2) is 0 Å². The molecule has 0 aromatic carbocycles. The summed E-state index contributed by atoms with van der Waals surface area (Å²) in [5.74, 6) is 1.57. The van der Waals surface area contributed by atoms with E-state index in [0.717, 1.165) is 31.5 Å². The van der Waals surface area contributed by atoms with Crippen molar-refractivity contribution < 1.29 is 5.11 Å². The van der Waals surface area contributed by atoms with Gasteiger partial charge in [-0.2, -0.15) is 0 Å². The van der Waals surface area contributed by atoms with Gasteiger partial charge in [0.05, 0.1) is 5.60 Å². The first kappa shape index (κ1) is 15.9. The largest absolute Gasteiger partial charge is 0.389 e. The van der Waals surface area contributed by atoms with Gasteiger partial charge in [-0.05, 0) is 58.5 Å². The predicted octanol–water partition coefficient (Wildman–Crippen LogP) is 2.10. The molecule has 1 aliphatic rings. The summed E-state index contributed by atoms with van der Waals surface area (Å²) in [6.45, 7) is 11.2. The molecule has 3 atom stereocenters. The minimum atomic E-state index is -0.592. The first-order valence-corrected chi connectivity index (χ1v) is 7.47. The fraction of sp³-hybridized carbons (Fsp3) is 1.00. The van der Waals surface area contributed by atoms with E-state index >= 15 is 0 Å². The van der Waals surface area contributed by atoms with E-state index in [1.807, 2.05) is 13.8 Å². The molecule has 0 bridgehead atoms. The summed E-state index contributed by atoms with van der Waals surface area (Å²) >= 11 is 0. The molecule has 0 aromatic heterocycles. The molecule has 1 fully saturated rings. The van der Waals surface area contributed by atoms with Crippen LogP contribution < -0.4 is 5.32 Å². The Morgan fingerprint density at radius 3 is 2.50 bits per heavy atom. The molecule has 108 valence electrons. The average molecular weight is 256 g/mol. The highest BCUT2D eigenvalue weighted by Gasteiger charge is 2.29. The van der Waals surface area contributed by atoms with Crippen LogP contribution in [0.4, 0.5) is 0 Å². The van der Waals surface area contributed by atoms with E-state index in [1.54, 1.807) is 0 Å². The topological polar surface area (TPSA) is 35.5 Å². The Balaban J connectivity index is 2.55. The summed E-state index contributed by atoms with van der Waals surface area (Å²) in [4.78, 5) is 2.40. The van der Waals surface area contributed by atoms with Crippen molar-refractivity contribution in [1.29, 1.82) is 0 Å². The minimum absolute atomic E-state index is 0.592. The molecule has 0 radical (unpaired) electrons. The van der Waals surface area contributed by atoms with E-state index in [2.05, 4.69) is 31.1 Å². The zero-order chi connectivity index (χ0) is 13.8. The van der Waals surface area contributed by atoms with Gasteiger partial charge in [0.2, 0.25) is 0 Å². The number of nitrogens with one attached hydrogen (secondary N) is 1. The van der Waals surface area contributed by atoms with Crippen molar-refractivity contribution in [3.05, 3.63) is 0 Å². The highest BCUT2D eigenvalue weighted by atomic mass is 16.3. The van der Waals surface area contributed by atoms with Crippen LogP contribution in [0.5, 0.6) is 0 Å². The molecule has 18 heavy (non-hydrogen) atoms. The molecule has 0 aliphatic heterocycles. The molecular weight excluding hydrogens is 224 g/mol. The second-order valence-corrected chi connectivity index (χ2v) is 6.71. The molecule has 1 rings (SSSR count). The zero-order valence-electron chi connectivity index (χ0n) is 12.9. The fourth-order valence-corrected chi connectivity index (χ4v) is 3.26. The van der Waals surface area contributed by atoms with E-state index in [1.165, 1.54) is 19.3 Å². The van der Waals surface area contributed by atoms with Crippen molar-refractivity contribution >= 4 is 0 Å². The van der Waals surface area contributed by atoms with Crippen LogP contribution in [0.3, 0.4) is 0 Å². The van der Waals surface area contributed by atoms with E-state index in [9.17, 15) is 5.11 Å². The van der Waals surface area contributed by atoms with Gasteiger partial charge in [0.15, 0.2) is 0 Å². The number of likely N-dealkylation sites (N-methyl/N-ethyl adjacent to an activating group) is 1. The first-order chi connectivity index (χ1) is 8.35. The van der Waals surface area contributed by atoms with Crippen molar-refractivity contribution in [1.82, 2.24) is 10.2 Å². The summed E-state index contributed by atoms with van der Waals surface area (Å²) in [5.41, 5.74) is -0.592. The van der Waals surface area contributed by atoms with Crippen LogP contribution in [0.2, 0.25) is 0 Å². The summed E-state index contributed by atoms with van der Waals surface area (Å²) < 4.78 is 0. The van der Waals surface area contributed by atoms with Crippen molar-refractivity contribution in [3.63, 3.8) is 0 Å². The van der Waals surface area contributed by atoms with Crippen molar-refractivity contribution in [2.75, 3.05) is 26.7 Å². The smallest absolute Gasteiger partial charge is 0.0718 e. The summed E-state index contributed by atoms with van der Waals surface area (Å²) in [6, 6.07) is 0.650. The molecule has 1 aliphatic carbocycles. The molecule has 3 heteroatoms. The maximum absolute atomic E-state index is 9.97. The number of hydrogen-bond acceptors (Lipinski definition) is 3. The molecule has 0 amide bonds. The van der Waals surface area contributed by atoms with Crippen LogP contribution in [0.1, 0.15) is 47.0 Å². The quantitative estimate of drug-likeness (QED) is 0.764.